The molecular weight excluding hydrogens is 424 g/mol. The first kappa shape index (κ1) is 30.3. The van der Waals surface area contributed by atoms with Crippen molar-refractivity contribution in [3.63, 3.8) is 0 Å². The summed E-state index contributed by atoms with van der Waals surface area (Å²) in [6.45, 7) is 9.28. The molecule has 32 heavy (non-hydrogen) atoms. The molecule has 0 aromatic heterocycles. The molecule has 0 amide bonds. The van der Waals surface area contributed by atoms with Gasteiger partial charge in [-0.3, -0.25) is 4.90 Å². The molecule has 0 fully saturated rings. The molecule has 0 unspecified atom stereocenters. The van der Waals surface area contributed by atoms with E-state index in [4.69, 9.17) is 45.2 Å². The van der Waals surface area contributed by atoms with Gasteiger partial charge < -0.3 is 34.2 Å². The molecule has 0 saturated carbocycles. The Morgan fingerprint density at radius 1 is 0.531 bits per heavy atom. The molecule has 186 valence electrons. The maximum Gasteiger partial charge on any atom is 0.0701 e. The van der Waals surface area contributed by atoms with Gasteiger partial charge in [-0.2, -0.15) is 0 Å². The number of nitrogens with zero attached hydrogens (tertiary/aromatic N) is 7. The highest BCUT2D eigenvalue weighted by atomic mass is 16.5. The summed E-state index contributed by atoms with van der Waals surface area (Å²) < 4.78 is 32.7. The van der Waals surface area contributed by atoms with Gasteiger partial charge >= 0.3 is 0 Å². The Morgan fingerprint density at radius 2 is 0.875 bits per heavy atom. The topological polar surface area (TPSA) is 182 Å². The molecule has 14 nitrogen and oxygen atoms in total. The first-order valence-electron chi connectivity index (χ1n) is 10.8. The van der Waals surface area contributed by atoms with Crippen LogP contribution in [0.25, 0.3) is 20.9 Å². The molecule has 0 radical (unpaired) electrons. The Morgan fingerprint density at radius 3 is 1.22 bits per heavy atom. The molecule has 0 aromatic carbocycles. The highest BCUT2D eigenvalue weighted by Gasteiger charge is 2.05. The quantitative estimate of drug-likeness (QED) is 0.0853. The molecule has 0 aliphatic rings. The molecular formula is C18H38N8O6. The maximum atomic E-state index is 8.19. The highest BCUT2D eigenvalue weighted by molar-refractivity contribution is 4.57. The van der Waals surface area contributed by atoms with Crippen LogP contribution in [0.3, 0.4) is 0 Å². The average Bonchev–Trinajstić information content (AvgIpc) is 2.80. The molecule has 0 bridgehead atoms. The molecule has 0 atom stereocenters. The van der Waals surface area contributed by atoms with Crippen LogP contribution in [0, 0.1) is 0 Å². The SMILES string of the molecule is [N-]=[N+]=NCCOCCOCCN(CCOCCOCCN)CCOCCOCCN=[N+]=[N-]. The predicted octanol–water partition coefficient (Wildman–Crippen LogP) is 0.967. The lowest BCUT2D eigenvalue weighted by Gasteiger charge is -2.22. The average molecular weight is 463 g/mol. The van der Waals surface area contributed by atoms with Crippen LogP contribution in [0.1, 0.15) is 0 Å². The summed E-state index contributed by atoms with van der Waals surface area (Å²) in [4.78, 5) is 7.52. The second-order valence-electron chi connectivity index (χ2n) is 6.21. The van der Waals surface area contributed by atoms with Gasteiger partial charge in [0.25, 0.3) is 0 Å². The van der Waals surface area contributed by atoms with E-state index in [0.717, 1.165) is 19.6 Å². The number of rotatable bonds is 26. The molecule has 0 saturated heterocycles. The van der Waals surface area contributed by atoms with E-state index in [9.17, 15) is 0 Å². The molecule has 0 spiro atoms. The highest BCUT2D eigenvalue weighted by Crippen LogP contribution is 1.93. The largest absolute Gasteiger partial charge is 0.379 e. The summed E-state index contributed by atoms with van der Waals surface area (Å²) in [6, 6.07) is 0. The van der Waals surface area contributed by atoms with Crippen molar-refractivity contribution in [2.24, 2.45) is 16.0 Å². The van der Waals surface area contributed by atoms with Gasteiger partial charge in [-0.15, -0.1) is 0 Å². The minimum Gasteiger partial charge on any atom is -0.379 e. The third-order valence-electron chi connectivity index (χ3n) is 3.83. The zero-order chi connectivity index (χ0) is 23.4. The Hall–Kier alpha value is -1.70. The Labute approximate surface area is 189 Å². The molecule has 0 rings (SSSR count). The van der Waals surface area contributed by atoms with Crippen molar-refractivity contribution in [1.29, 1.82) is 0 Å². The number of hydrogen-bond donors (Lipinski definition) is 1. The summed E-state index contributed by atoms with van der Waals surface area (Å²) in [7, 11) is 0. The summed E-state index contributed by atoms with van der Waals surface area (Å²) in [5, 5.41) is 6.79. The molecule has 14 heteroatoms. The fourth-order valence-electron chi connectivity index (χ4n) is 2.27. The van der Waals surface area contributed by atoms with Crippen molar-refractivity contribution in [1.82, 2.24) is 4.90 Å². The van der Waals surface area contributed by atoms with Gasteiger partial charge in [0.15, 0.2) is 0 Å². The summed E-state index contributed by atoms with van der Waals surface area (Å²) in [5.74, 6) is 0. The second kappa shape index (κ2) is 27.3. The lowest BCUT2D eigenvalue weighted by Crippen LogP contribution is -2.34. The monoisotopic (exact) mass is 462 g/mol. The number of ether oxygens (including phenoxy) is 6. The number of hydrogen-bond acceptors (Lipinski definition) is 10. The Balaban J connectivity index is 3.88. The van der Waals surface area contributed by atoms with E-state index in [1.165, 1.54) is 0 Å². The van der Waals surface area contributed by atoms with Crippen LogP contribution in [0.15, 0.2) is 10.2 Å². The molecule has 0 aromatic rings. The van der Waals surface area contributed by atoms with Crippen molar-refractivity contribution >= 4 is 0 Å². The van der Waals surface area contributed by atoms with Crippen molar-refractivity contribution in [2.45, 2.75) is 0 Å². The minimum absolute atomic E-state index is 0.320. The van der Waals surface area contributed by atoms with Gasteiger partial charge in [0.05, 0.1) is 79.3 Å². The standard InChI is InChI=1S/C18H38N8O6/c19-1-7-27-13-16-30-10-4-26(5-11-31-17-14-28-8-2-22-24-20)6-12-32-18-15-29-9-3-23-25-21/h1-19H2. The zero-order valence-corrected chi connectivity index (χ0v) is 18.9. The van der Waals surface area contributed by atoms with Crippen LogP contribution in [-0.2, 0) is 28.4 Å². The number of azide groups is 2. The molecule has 2 N–H and O–H groups in total. The van der Waals surface area contributed by atoms with Gasteiger partial charge in [-0.05, 0) is 11.1 Å². The van der Waals surface area contributed by atoms with Crippen molar-refractivity contribution in [3.8, 4) is 0 Å². The first-order chi connectivity index (χ1) is 15.8. The van der Waals surface area contributed by atoms with E-state index in [1.54, 1.807) is 0 Å². The molecule has 0 aliphatic heterocycles. The lowest BCUT2D eigenvalue weighted by atomic mass is 10.4. The summed E-state index contributed by atoms with van der Waals surface area (Å²) >= 11 is 0. The van der Waals surface area contributed by atoms with Gasteiger partial charge in [-0.1, -0.05) is 10.2 Å². The van der Waals surface area contributed by atoms with Crippen LogP contribution in [0.5, 0.6) is 0 Å². The summed E-state index contributed by atoms with van der Waals surface area (Å²) in [6.07, 6.45) is 0. The molecule has 0 heterocycles. The van der Waals surface area contributed by atoms with E-state index in [-0.39, 0.29) is 0 Å². The first-order valence-corrected chi connectivity index (χ1v) is 10.8. The van der Waals surface area contributed by atoms with Crippen LogP contribution in [-0.4, -0.2) is 123 Å². The van der Waals surface area contributed by atoms with Crippen molar-refractivity contribution in [2.75, 3.05) is 119 Å². The van der Waals surface area contributed by atoms with Crippen molar-refractivity contribution < 1.29 is 28.4 Å². The third-order valence-corrected chi connectivity index (χ3v) is 3.83. The minimum atomic E-state index is 0.320. The van der Waals surface area contributed by atoms with Crippen LogP contribution in [0.4, 0.5) is 0 Å². The van der Waals surface area contributed by atoms with Crippen LogP contribution in [0.2, 0.25) is 0 Å². The lowest BCUT2D eigenvalue weighted by molar-refractivity contribution is 0.0122. The van der Waals surface area contributed by atoms with Gasteiger partial charge in [0.1, 0.15) is 0 Å². The van der Waals surface area contributed by atoms with Crippen LogP contribution >= 0.6 is 0 Å². The van der Waals surface area contributed by atoms with Gasteiger partial charge in [0.2, 0.25) is 0 Å². The zero-order valence-electron chi connectivity index (χ0n) is 18.9. The second-order valence-corrected chi connectivity index (χ2v) is 6.21. The fourth-order valence-corrected chi connectivity index (χ4v) is 2.27. The smallest absolute Gasteiger partial charge is 0.0701 e. The van der Waals surface area contributed by atoms with E-state index >= 15 is 0 Å². The fraction of sp³-hybridized carbons (Fsp3) is 1.00. The predicted molar refractivity (Wildman–Crippen MR) is 118 cm³/mol. The van der Waals surface area contributed by atoms with E-state index in [1.807, 2.05) is 0 Å². The van der Waals surface area contributed by atoms with Gasteiger partial charge in [-0.25, -0.2) is 0 Å². The Kier molecular flexibility index (Phi) is 25.9. The summed E-state index contributed by atoms with van der Waals surface area (Å²) in [5.41, 5.74) is 21.7. The van der Waals surface area contributed by atoms with E-state index in [0.29, 0.717) is 98.9 Å². The third kappa shape index (κ3) is 24.6. The Bertz CT molecular complexity index is 458. The van der Waals surface area contributed by atoms with Crippen molar-refractivity contribution in [3.05, 3.63) is 20.9 Å². The normalized spacial score (nSPS) is 10.8. The van der Waals surface area contributed by atoms with E-state index < -0.39 is 0 Å². The van der Waals surface area contributed by atoms with E-state index in [2.05, 4.69) is 25.0 Å². The maximum absolute atomic E-state index is 8.19. The van der Waals surface area contributed by atoms with Crippen LogP contribution < -0.4 is 5.73 Å². The number of nitrogens with two attached hydrogens (primary N) is 1. The molecule has 0 aliphatic carbocycles. The van der Waals surface area contributed by atoms with Gasteiger partial charge in [0, 0.05) is 49.1 Å².